The van der Waals surface area contributed by atoms with E-state index in [1.165, 1.54) is 28.8 Å². The molecule has 0 radical (unpaired) electrons. The Balaban J connectivity index is 1.39. The van der Waals surface area contributed by atoms with Gasteiger partial charge in [0.1, 0.15) is 6.61 Å². The summed E-state index contributed by atoms with van der Waals surface area (Å²) >= 11 is 3.49. The van der Waals surface area contributed by atoms with Crippen LogP contribution >= 0.6 is 34.4 Å². The van der Waals surface area contributed by atoms with E-state index < -0.39 is 5.97 Å². The van der Waals surface area contributed by atoms with Crippen molar-refractivity contribution in [3.63, 3.8) is 0 Å². The Morgan fingerprint density at radius 1 is 1.05 bits per heavy atom. The molecule has 1 aliphatic rings. The Kier molecular flexibility index (Phi) is 8.41. The van der Waals surface area contributed by atoms with Gasteiger partial charge in [-0.15, -0.1) is 0 Å². The molecular formula is C31H25IN2O5S. The third-order valence-corrected chi connectivity index (χ3v) is 8.09. The van der Waals surface area contributed by atoms with Crippen LogP contribution in [0.1, 0.15) is 28.4 Å². The molecule has 1 N–H and O–H groups in total. The van der Waals surface area contributed by atoms with E-state index in [9.17, 15) is 9.59 Å². The van der Waals surface area contributed by atoms with Gasteiger partial charge in [-0.3, -0.25) is 9.69 Å². The summed E-state index contributed by atoms with van der Waals surface area (Å²) in [6.45, 7) is 2.78. The maximum Gasteiger partial charge on any atom is 0.335 e. The van der Waals surface area contributed by atoms with Gasteiger partial charge in [0.15, 0.2) is 16.7 Å². The highest BCUT2D eigenvalue weighted by atomic mass is 127. The molecule has 0 aliphatic carbocycles. The molecule has 0 atom stereocenters. The number of ether oxygens (including phenoxy) is 2. The van der Waals surface area contributed by atoms with Gasteiger partial charge in [0.2, 0.25) is 0 Å². The van der Waals surface area contributed by atoms with E-state index in [1.807, 2.05) is 43.3 Å². The van der Waals surface area contributed by atoms with E-state index >= 15 is 0 Å². The van der Waals surface area contributed by atoms with Crippen molar-refractivity contribution in [1.29, 1.82) is 0 Å². The number of nitrogens with zero attached hydrogens (tertiary/aromatic N) is 2. The number of rotatable bonds is 8. The smallest absolute Gasteiger partial charge is 0.335 e. The molecule has 5 rings (SSSR count). The Morgan fingerprint density at radius 3 is 2.55 bits per heavy atom. The van der Waals surface area contributed by atoms with Crippen LogP contribution in [-0.4, -0.2) is 40.7 Å². The number of hydrogen-bond donors (Lipinski definition) is 1. The number of aliphatic imine (C=N–C) groups is 1. The van der Waals surface area contributed by atoms with Crippen molar-refractivity contribution in [3.05, 3.63) is 104 Å². The van der Waals surface area contributed by atoms with Crippen molar-refractivity contribution in [2.24, 2.45) is 4.99 Å². The topological polar surface area (TPSA) is 88.4 Å². The fourth-order valence-electron chi connectivity index (χ4n) is 4.23. The second kappa shape index (κ2) is 12.1. The van der Waals surface area contributed by atoms with Crippen LogP contribution in [0, 0.1) is 3.57 Å². The van der Waals surface area contributed by atoms with Gasteiger partial charge in [-0.1, -0.05) is 42.5 Å². The summed E-state index contributed by atoms with van der Waals surface area (Å²) in [5.41, 5.74) is 2.64. The number of amidine groups is 1. The number of likely N-dealkylation sites (N-methyl/N-ethyl adjacent to an activating group) is 1. The molecule has 0 spiro atoms. The first kappa shape index (κ1) is 27.7. The summed E-state index contributed by atoms with van der Waals surface area (Å²) in [5.74, 6) is 0.0953. The molecule has 1 fully saturated rings. The summed E-state index contributed by atoms with van der Waals surface area (Å²) in [5, 5.41) is 11.9. The lowest BCUT2D eigenvalue weighted by molar-refractivity contribution is -0.121. The average molecular weight is 665 g/mol. The van der Waals surface area contributed by atoms with E-state index in [2.05, 4.69) is 51.8 Å². The molecule has 7 nitrogen and oxygen atoms in total. The molecule has 0 unspecified atom stereocenters. The fourth-order valence-corrected chi connectivity index (χ4v) is 6.00. The summed E-state index contributed by atoms with van der Waals surface area (Å²) in [4.78, 5) is 30.7. The quantitative estimate of drug-likeness (QED) is 0.157. The van der Waals surface area contributed by atoms with Crippen molar-refractivity contribution >= 4 is 73.9 Å². The Morgan fingerprint density at radius 2 is 1.80 bits per heavy atom. The number of halogens is 1. The van der Waals surface area contributed by atoms with Crippen LogP contribution in [0.4, 0.5) is 5.69 Å². The molecule has 0 saturated carbocycles. The summed E-state index contributed by atoms with van der Waals surface area (Å²) in [6, 6.07) is 24.4. The maximum atomic E-state index is 13.0. The number of carbonyl (C=O) groups excluding carboxylic acids is 1. The highest BCUT2D eigenvalue weighted by Gasteiger charge is 2.30. The van der Waals surface area contributed by atoms with Gasteiger partial charge in [-0.05, 0) is 106 Å². The van der Waals surface area contributed by atoms with Crippen molar-refractivity contribution in [2.45, 2.75) is 13.5 Å². The van der Waals surface area contributed by atoms with Gasteiger partial charge in [-0.2, -0.15) is 0 Å². The number of carboxylic acid groups (broad SMARTS) is 1. The molecule has 40 heavy (non-hydrogen) atoms. The van der Waals surface area contributed by atoms with Crippen LogP contribution in [0.3, 0.4) is 0 Å². The number of fused-ring (bicyclic) bond motifs is 1. The van der Waals surface area contributed by atoms with Crippen LogP contribution in [0.2, 0.25) is 0 Å². The van der Waals surface area contributed by atoms with Gasteiger partial charge in [0.05, 0.1) is 26.3 Å². The first-order valence-corrected chi connectivity index (χ1v) is 14.4. The molecule has 9 heteroatoms. The Labute approximate surface area is 249 Å². The van der Waals surface area contributed by atoms with Crippen molar-refractivity contribution < 1.29 is 24.2 Å². The largest absolute Gasteiger partial charge is 0.490 e. The molecule has 4 aromatic carbocycles. The van der Waals surface area contributed by atoms with Crippen LogP contribution in [0.5, 0.6) is 11.5 Å². The zero-order valence-corrected chi connectivity index (χ0v) is 24.7. The first-order valence-electron chi connectivity index (χ1n) is 12.5. The molecule has 1 saturated heterocycles. The van der Waals surface area contributed by atoms with Crippen LogP contribution in [0.15, 0.2) is 88.8 Å². The third-order valence-electron chi connectivity index (χ3n) is 6.22. The van der Waals surface area contributed by atoms with Gasteiger partial charge >= 0.3 is 5.97 Å². The minimum absolute atomic E-state index is 0.171. The standard InChI is InChI=1S/C31H25IN2O5S/c1-3-38-26-16-19(15-25(32)28(26)39-18-22-9-6-8-20-7-4-5-10-24(20)22)17-27-29(35)34(2)31(40-27)33-23-13-11-21(12-14-23)30(36)37/h4-17H,3,18H2,1-2H3,(H,36,37)/b27-17-,33-31?. The zero-order valence-electron chi connectivity index (χ0n) is 21.8. The number of amides is 1. The van der Waals surface area contributed by atoms with Crippen molar-refractivity contribution in [1.82, 2.24) is 4.90 Å². The van der Waals surface area contributed by atoms with Crippen LogP contribution in [0.25, 0.3) is 16.8 Å². The molecular weight excluding hydrogens is 639 g/mol. The van der Waals surface area contributed by atoms with E-state index in [0.717, 1.165) is 25.5 Å². The normalized spacial score (nSPS) is 15.3. The summed E-state index contributed by atoms with van der Waals surface area (Å²) < 4.78 is 13.1. The average Bonchev–Trinajstić information content (AvgIpc) is 3.20. The highest BCUT2D eigenvalue weighted by Crippen LogP contribution is 2.38. The number of aromatic carboxylic acids is 1. The number of hydrogen-bond acceptors (Lipinski definition) is 6. The molecule has 0 bridgehead atoms. The Hall–Kier alpha value is -3.83. The molecule has 4 aromatic rings. The zero-order chi connectivity index (χ0) is 28.2. The van der Waals surface area contributed by atoms with E-state index in [0.29, 0.717) is 40.5 Å². The molecule has 1 aliphatic heterocycles. The fraction of sp³-hybridized carbons (Fsp3) is 0.129. The van der Waals surface area contributed by atoms with Gasteiger partial charge in [0.25, 0.3) is 5.91 Å². The van der Waals surface area contributed by atoms with Gasteiger partial charge < -0.3 is 14.6 Å². The van der Waals surface area contributed by atoms with Gasteiger partial charge in [-0.25, -0.2) is 9.79 Å². The number of carbonyl (C=O) groups is 2. The minimum atomic E-state index is -1.00. The van der Waals surface area contributed by atoms with Gasteiger partial charge in [0, 0.05) is 7.05 Å². The number of thioether (sulfide) groups is 1. The summed E-state index contributed by atoms with van der Waals surface area (Å²) in [7, 11) is 1.67. The van der Waals surface area contributed by atoms with Crippen molar-refractivity contribution in [3.8, 4) is 11.5 Å². The van der Waals surface area contributed by atoms with E-state index in [4.69, 9.17) is 14.6 Å². The molecule has 202 valence electrons. The second-order valence-electron chi connectivity index (χ2n) is 8.91. The predicted molar refractivity (Wildman–Crippen MR) is 167 cm³/mol. The highest BCUT2D eigenvalue weighted by molar-refractivity contribution is 14.1. The second-order valence-corrected chi connectivity index (χ2v) is 11.1. The Bertz CT molecular complexity index is 1660. The van der Waals surface area contributed by atoms with E-state index in [1.54, 1.807) is 19.2 Å². The molecule has 1 amide bonds. The minimum Gasteiger partial charge on any atom is -0.490 e. The maximum absolute atomic E-state index is 13.0. The lowest BCUT2D eigenvalue weighted by Crippen LogP contribution is -2.23. The van der Waals surface area contributed by atoms with E-state index in [-0.39, 0.29) is 11.5 Å². The van der Waals surface area contributed by atoms with Crippen LogP contribution < -0.4 is 9.47 Å². The SMILES string of the molecule is CCOc1cc(/C=C2\SC(=Nc3ccc(C(=O)O)cc3)N(C)C2=O)cc(I)c1OCc1cccc2ccccc12. The molecule has 1 heterocycles. The molecule has 0 aromatic heterocycles. The first-order chi connectivity index (χ1) is 19.3. The lowest BCUT2D eigenvalue weighted by atomic mass is 10.1. The summed E-state index contributed by atoms with van der Waals surface area (Å²) in [6.07, 6.45) is 1.82. The third kappa shape index (κ3) is 6.00. The van der Waals surface area contributed by atoms with Crippen molar-refractivity contribution in [2.75, 3.05) is 13.7 Å². The monoisotopic (exact) mass is 664 g/mol. The number of benzene rings is 4. The number of carboxylic acids is 1. The van der Waals surface area contributed by atoms with Crippen LogP contribution in [-0.2, 0) is 11.4 Å². The lowest BCUT2D eigenvalue weighted by Gasteiger charge is -2.16. The predicted octanol–water partition coefficient (Wildman–Crippen LogP) is 7.35.